The highest BCUT2D eigenvalue weighted by Crippen LogP contribution is 2.36. The van der Waals surface area contributed by atoms with Crippen LogP contribution in [0.1, 0.15) is 35.6 Å². The molecule has 0 aliphatic heterocycles. The van der Waals surface area contributed by atoms with Gasteiger partial charge in [-0.3, -0.25) is 0 Å². The van der Waals surface area contributed by atoms with Crippen molar-refractivity contribution in [2.75, 3.05) is 6.61 Å². The van der Waals surface area contributed by atoms with Gasteiger partial charge in [0.15, 0.2) is 12.0 Å². The molecule has 0 fully saturated rings. The van der Waals surface area contributed by atoms with Gasteiger partial charge in [0.05, 0.1) is 12.2 Å². The molecular formula is C18H17F3N2O3S. The Hall–Kier alpha value is -2.60. The number of hydrogen-bond acceptors (Lipinski definition) is 5. The van der Waals surface area contributed by atoms with Crippen LogP contribution in [0.5, 0.6) is 5.75 Å². The standard InChI is InChI=1S/C18H17F3N2O3S/c1-4-14-13(10-22)15(16(23(14)3)17(24)25-5-2)11-6-8-12(9-7-11)26-27-18(19,20)21/h6-9H,4-5H2,1-3H3. The van der Waals surface area contributed by atoms with E-state index in [1.807, 2.05) is 6.92 Å². The van der Waals surface area contributed by atoms with Gasteiger partial charge in [0, 0.05) is 18.3 Å². The number of nitriles is 1. The van der Waals surface area contributed by atoms with Gasteiger partial charge in [0.1, 0.15) is 17.5 Å². The zero-order valence-electron chi connectivity index (χ0n) is 14.9. The number of nitrogens with zero attached hydrogens (tertiary/aromatic N) is 2. The molecule has 5 nitrogen and oxygen atoms in total. The van der Waals surface area contributed by atoms with Gasteiger partial charge in [-0.05, 0) is 31.0 Å². The first-order valence-electron chi connectivity index (χ1n) is 8.05. The summed E-state index contributed by atoms with van der Waals surface area (Å²) in [6, 6.07) is 7.83. The summed E-state index contributed by atoms with van der Waals surface area (Å²) in [7, 11) is 1.67. The van der Waals surface area contributed by atoms with Crippen LogP contribution in [0.25, 0.3) is 11.1 Å². The van der Waals surface area contributed by atoms with Crippen molar-refractivity contribution in [3.63, 3.8) is 0 Å². The van der Waals surface area contributed by atoms with Crippen LogP contribution in [-0.2, 0) is 18.2 Å². The summed E-state index contributed by atoms with van der Waals surface area (Å²) in [4.78, 5) is 12.4. The van der Waals surface area contributed by atoms with Crippen molar-refractivity contribution in [1.29, 1.82) is 5.26 Å². The van der Waals surface area contributed by atoms with Gasteiger partial charge in [-0.25, -0.2) is 4.79 Å². The van der Waals surface area contributed by atoms with Crippen molar-refractivity contribution < 1.29 is 26.9 Å². The molecule has 1 aromatic carbocycles. The number of aromatic nitrogens is 1. The second kappa shape index (κ2) is 8.39. The normalized spacial score (nSPS) is 11.1. The average molecular weight is 398 g/mol. The summed E-state index contributed by atoms with van der Waals surface area (Å²) < 4.78 is 48.0. The molecule has 9 heteroatoms. The monoisotopic (exact) mass is 398 g/mol. The molecule has 0 saturated heterocycles. The molecule has 2 aromatic rings. The van der Waals surface area contributed by atoms with E-state index in [0.717, 1.165) is 0 Å². The number of ether oxygens (including phenoxy) is 1. The van der Waals surface area contributed by atoms with E-state index >= 15 is 0 Å². The number of carbonyl (C=O) groups is 1. The molecule has 0 atom stereocenters. The molecule has 0 aliphatic carbocycles. The first-order chi connectivity index (χ1) is 12.7. The van der Waals surface area contributed by atoms with E-state index in [2.05, 4.69) is 10.3 Å². The van der Waals surface area contributed by atoms with Gasteiger partial charge in [0.25, 0.3) is 0 Å². The van der Waals surface area contributed by atoms with E-state index in [-0.39, 0.29) is 18.1 Å². The van der Waals surface area contributed by atoms with Crippen LogP contribution in [0.4, 0.5) is 13.2 Å². The maximum Gasteiger partial charge on any atom is 0.479 e. The van der Waals surface area contributed by atoms with Gasteiger partial charge >= 0.3 is 11.5 Å². The first-order valence-corrected chi connectivity index (χ1v) is 8.79. The Kier molecular flexibility index (Phi) is 6.44. The largest absolute Gasteiger partial charge is 0.479 e. The van der Waals surface area contributed by atoms with Crippen molar-refractivity contribution in [2.45, 2.75) is 25.8 Å². The van der Waals surface area contributed by atoms with Crippen LogP contribution in [0.2, 0.25) is 0 Å². The predicted octanol–water partition coefficient (Wildman–Crippen LogP) is 4.85. The quantitative estimate of drug-likeness (QED) is 0.514. The Morgan fingerprint density at radius 1 is 1.26 bits per heavy atom. The van der Waals surface area contributed by atoms with Gasteiger partial charge in [-0.15, -0.1) is 0 Å². The molecule has 144 valence electrons. The van der Waals surface area contributed by atoms with Crippen molar-refractivity contribution in [3.8, 4) is 22.9 Å². The highest BCUT2D eigenvalue weighted by atomic mass is 32.2. The lowest BCUT2D eigenvalue weighted by atomic mass is 10.00. The van der Waals surface area contributed by atoms with Crippen molar-refractivity contribution >= 4 is 18.0 Å². The molecule has 0 bridgehead atoms. The number of rotatable bonds is 6. The van der Waals surface area contributed by atoms with Crippen LogP contribution in [0.3, 0.4) is 0 Å². The maximum atomic E-state index is 12.4. The molecule has 0 aliphatic rings. The number of hydrogen-bond donors (Lipinski definition) is 0. The molecule has 0 amide bonds. The fraction of sp³-hybridized carbons (Fsp3) is 0.333. The van der Waals surface area contributed by atoms with E-state index in [0.29, 0.717) is 28.8 Å². The Balaban J connectivity index is 2.50. The third-order valence-corrected chi connectivity index (χ3v) is 4.27. The number of alkyl halides is 3. The Morgan fingerprint density at radius 2 is 1.89 bits per heavy atom. The molecule has 0 saturated carbocycles. The van der Waals surface area contributed by atoms with Crippen LogP contribution in [0.15, 0.2) is 24.3 Å². The van der Waals surface area contributed by atoms with Crippen molar-refractivity contribution in [1.82, 2.24) is 4.57 Å². The van der Waals surface area contributed by atoms with Crippen LogP contribution in [-0.4, -0.2) is 22.7 Å². The third-order valence-electron chi connectivity index (χ3n) is 3.81. The summed E-state index contributed by atoms with van der Waals surface area (Å²) in [5.41, 5.74) is -2.38. The van der Waals surface area contributed by atoms with E-state index in [1.165, 1.54) is 24.3 Å². The van der Waals surface area contributed by atoms with E-state index < -0.39 is 23.5 Å². The van der Waals surface area contributed by atoms with Gasteiger partial charge < -0.3 is 13.5 Å². The van der Waals surface area contributed by atoms with E-state index in [9.17, 15) is 23.2 Å². The minimum Gasteiger partial charge on any atom is -0.461 e. The fourth-order valence-electron chi connectivity index (χ4n) is 2.76. The average Bonchev–Trinajstić information content (AvgIpc) is 2.91. The first kappa shape index (κ1) is 20.7. The zero-order chi connectivity index (χ0) is 20.2. The zero-order valence-corrected chi connectivity index (χ0v) is 15.7. The molecule has 1 heterocycles. The number of carbonyl (C=O) groups excluding carboxylic acids is 1. The fourth-order valence-corrected chi connectivity index (χ4v) is 3.06. The second-order valence-corrected chi connectivity index (χ2v) is 6.22. The topological polar surface area (TPSA) is 64.2 Å². The number of esters is 1. The summed E-state index contributed by atoms with van der Waals surface area (Å²) in [6.07, 6.45) is 0.523. The lowest BCUT2D eigenvalue weighted by Crippen LogP contribution is -2.12. The maximum absolute atomic E-state index is 12.4. The highest BCUT2D eigenvalue weighted by Gasteiger charge is 2.31. The lowest BCUT2D eigenvalue weighted by molar-refractivity contribution is -0.0369. The molecule has 1 aromatic heterocycles. The second-order valence-electron chi connectivity index (χ2n) is 5.43. The predicted molar refractivity (Wildman–Crippen MR) is 95.2 cm³/mol. The minimum atomic E-state index is -4.51. The molecular weight excluding hydrogens is 381 g/mol. The van der Waals surface area contributed by atoms with Crippen molar-refractivity contribution in [2.24, 2.45) is 7.05 Å². The molecule has 0 unspecified atom stereocenters. The number of halogens is 3. The third kappa shape index (κ3) is 4.57. The number of benzene rings is 1. The molecule has 0 radical (unpaired) electrons. The van der Waals surface area contributed by atoms with Crippen LogP contribution >= 0.6 is 12.0 Å². The molecule has 2 rings (SSSR count). The van der Waals surface area contributed by atoms with E-state index in [4.69, 9.17) is 4.74 Å². The molecule has 0 N–H and O–H groups in total. The minimum absolute atomic E-state index is 0.00362. The smallest absolute Gasteiger partial charge is 0.461 e. The van der Waals surface area contributed by atoms with Crippen LogP contribution < -0.4 is 4.18 Å². The van der Waals surface area contributed by atoms with Gasteiger partial charge in [-0.2, -0.15) is 18.4 Å². The summed E-state index contributed by atoms with van der Waals surface area (Å²) in [5.74, 6) is -0.567. The van der Waals surface area contributed by atoms with Crippen molar-refractivity contribution in [3.05, 3.63) is 41.2 Å². The summed E-state index contributed by atoms with van der Waals surface area (Å²) in [6.45, 7) is 3.71. The van der Waals surface area contributed by atoms with Gasteiger partial charge in [0.2, 0.25) is 0 Å². The Labute approximate surface area is 158 Å². The summed E-state index contributed by atoms with van der Waals surface area (Å²) in [5, 5.41) is 9.60. The Morgan fingerprint density at radius 3 is 2.37 bits per heavy atom. The highest BCUT2D eigenvalue weighted by molar-refractivity contribution is 7.95. The van der Waals surface area contributed by atoms with Crippen LogP contribution in [0, 0.1) is 11.3 Å². The SMILES string of the molecule is CCOC(=O)c1c(-c2ccc(OSC(F)(F)F)cc2)c(C#N)c(CC)n1C. The molecule has 27 heavy (non-hydrogen) atoms. The molecule has 0 spiro atoms. The summed E-state index contributed by atoms with van der Waals surface area (Å²) >= 11 is -0.610. The van der Waals surface area contributed by atoms with E-state index in [1.54, 1.807) is 18.5 Å². The Bertz CT molecular complexity index is 868. The lowest BCUT2D eigenvalue weighted by Gasteiger charge is -2.09. The van der Waals surface area contributed by atoms with Gasteiger partial charge in [-0.1, -0.05) is 19.1 Å².